The number of carboxylic acid groups (broad SMARTS) is 1. The monoisotopic (exact) mass is 510 g/mol. The van der Waals surface area contributed by atoms with Crippen LogP contribution in [0.15, 0.2) is 24.3 Å². The Bertz CT molecular complexity index is 1250. The maximum Gasteiger partial charge on any atom is 0.347 e. The number of aryl methyl sites for hydroxylation is 1. The van der Waals surface area contributed by atoms with Crippen molar-refractivity contribution in [2.75, 3.05) is 11.9 Å². The second-order valence-electron chi connectivity index (χ2n) is 11.0. The van der Waals surface area contributed by atoms with Gasteiger partial charge >= 0.3 is 5.97 Å². The lowest BCUT2D eigenvalue weighted by molar-refractivity contribution is -0.152. The van der Waals surface area contributed by atoms with Crippen LogP contribution in [0.4, 0.5) is 5.69 Å². The van der Waals surface area contributed by atoms with Gasteiger partial charge in [-0.2, -0.15) is 0 Å². The molecule has 0 saturated heterocycles. The van der Waals surface area contributed by atoms with Crippen LogP contribution in [0.5, 0.6) is 11.5 Å². The van der Waals surface area contributed by atoms with E-state index in [2.05, 4.69) is 5.32 Å². The summed E-state index contributed by atoms with van der Waals surface area (Å²) >= 11 is 0. The second-order valence-corrected chi connectivity index (χ2v) is 11.0. The molecule has 1 unspecified atom stereocenters. The van der Waals surface area contributed by atoms with Crippen molar-refractivity contribution in [1.82, 2.24) is 4.90 Å². The molecule has 0 aromatic heterocycles. The van der Waals surface area contributed by atoms with Gasteiger partial charge in [0.05, 0.1) is 0 Å². The first kappa shape index (κ1) is 28.0. The molecule has 1 atom stereocenters. The fourth-order valence-electron chi connectivity index (χ4n) is 4.44. The minimum Gasteiger partial charge on any atom is -0.507 e. The number of carbonyl (C=O) groups is 3. The minimum atomic E-state index is -1.47. The first-order chi connectivity index (χ1) is 17.1. The van der Waals surface area contributed by atoms with Crippen LogP contribution in [-0.2, 0) is 20.8 Å². The summed E-state index contributed by atoms with van der Waals surface area (Å²) in [5.41, 5.74) is 1.96. The molecule has 0 aliphatic carbocycles. The third-order valence-electron chi connectivity index (χ3n) is 7.52. The number of anilines is 1. The number of fused-ring (bicyclic) bond motifs is 1. The van der Waals surface area contributed by atoms with Gasteiger partial charge in [0.1, 0.15) is 17.5 Å². The molecule has 8 heteroatoms. The van der Waals surface area contributed by atoms with E-state index in [-0.39, 0.29) is 17.6 Å². The van der Waals surface area contributed by atoms with Crippen molar-refractivity contribution >= 4 is 23.5 Å². The molecule has 1 aliphatic rings. The highest BCUT2D eigenvalue weighted by molar-refractivity contribution is 6.00. The SMILES string of the molecule is CCC(C)(C)C(=O)N1CCc2ccc(OC(C)(C)C(=O)O)cc2C1C(=O)Nc1cc(C)c(O)c(C)c1C. The lowest BCUT2D eigenvalue weighted by Gasteiger charge is -2.40. The number of phenolic OH excluding ortho intramolecular Hbond substituents is 1. The largest absolute Gasteiger partial charge is 0.507 e. The number of benzene rings is 2. The number of carbonyl (C=O) groups excluding carboxylic acids is 2. The van der Waals surface area contributed by atoms with E-state index < -0.39 is 23.0 Å². The minimum absolute atomic E-state index is 0.132. The van der Waals surface area contributed by atoms with Gasteiger partial charge in [0.25, 0.3) is 5.91 Å². The van der Waals surface area contributed by atoms with Gasteiger partial charge in [-0.05, 0) is 93.5 Å². The molecule has 200 valence electrons. The van der Waals surface area contributed by atoms with Crippen molar-refractivity contribution in [3.05, 3.63) is 52.1 Å². The number of aliphatic carboxylic acids is 1. The molecule has 2 amide bonds. The number of hydrogen-bond acceptors (Lipinski definition) is 5. The van der Waals surface area contributed by atoms with Crippen LogP contribution in [0.25, 0.3) is 0 Å². The van der Waals surface area contributed by atoms with E-state index >= 15 is 0 Å². The molecule has 3 N–H and O–H groups in total. The Morgan fingerprint density at radius 1 is 1.08 bits per heavy atom. The quantitative estimate of drug-likeness (QED) is 0.449. The van der Waals surface area contributed by atoms with Gasteiger partial charge in [-0.1, -0.05) is 26.8 Å². The summed E-state index contributed by atoms with van der Waals surface area (Å²) in [6.45, 7) is 14.3. The lowest BCUT2D eigenvalue weighted by Crippen LogP contribution is -2.49. The fraction of sp³-hybridized carbons (Fsp3) is 0.483. The topological polar surface area (TPSA) is 116 Å². The van der Waals surface area contributed by atoms with E-state index in [0.717, 1.165) is 11.1 Å². The third-order valence-corrected chi connectivity index (χ3v) is 7.52. The summed E-state index contributed by atoms with van der Waals surface area (Å²) in [6, 6.07) is 5.98. The summed E-state index contributed by atoms with van der Waals surface area (Å²) < 4.78 is 5.76. The molecule has 0 bridgehead atoms. The Morgan fingerprint density at radius 3 is 2.32 bits per heavy atom. The van der Waals surface area contributed by atoms with Crippen LogP contribution >= 0.6 is 0 Å². The normalized spacial score (nSPS) is 15.7. The summed E-state index contributed by atoms with van der Waals surface area (Å²) in [4.78, 5) is 40.8. The van der Waals surface area contributed by atoms with Gasteiger partial charge in [0.15, 0.2) is 5.60 Å². The summed E-state index contributed by atoms with van der Waals surface area (Å²) in [5, 5.41) is 22.8. The van der Waals surface area contributed by atoms with Crippen LogP contribution in [0.2, 0.25) is 0 Å². The molecule has 0 fully saturated rings. The molecule has 2 aromatic rings. The number of aromatic hydroxyl groups is 1. The molecule has 0 radical (unpaired) electrons. The number of hydrogen-bond donors (Lipinski definition) is 3. The van der Waals surface area contributed by atoms with Gasteiger partial charge in [-0.25, -0.2) is 4.79 Å². The summed E-state index contributed by atoms with van der Waals surface area (Å²) in [6.07, 6.45) is 1.17. The zero-order valence-electron chi connectivity index (χ0n) is 23.0. The number of nitrogens with zero attached hydrogens (tertiary/aromatic N) is 1. The molecule has 0 saturated carbocycles. The van der Waals surface area contributed by atoms with E-state index in [1.807, 2.05) is 33.8 Å². The van der Waals surface area contributed by atoms with Crippen LogP contribution < -0.4 is 10.1 Å². The maximum absolute atomic E-state index is 13.9. The number of carboxylic acids is 1. The van der Waals surface area contributed by atoms with E-state index in [0.29, 0.717) is 47.5 Å². The third kappa shape index (κ3) is 5.43. The van der Waals surface area contributed by atoms with E-state index in [4.69, 9.17) is 4.74 Å². The average Bonchev–Trinajstić information content (AvgIpc) is 2.84. The lowest BCUT2D eigenvalue weighted by atomic mass is 9.84. The van der Waals surface area contributed by atoms with E-state index in [1.165, 1.54) is 13.8 Å². The van der Waals surface area contributed by atoms with Crippen LogP contribution in [0, 0.1) is 26.2 Å². The zero-order chi connectivity index (χ0) is 27.9. The Kier molecular flexibility index (Phi) is 7.63. The Balaban J connectivity index is 2.11. The van der Waals surface area contributed by atoms with Crippen LogP contribution in [-0.4, -0.2) is 45.0 Å². The second kappa shape index (κ2) is 10.1. The predicted octanol–water partition coefficient (Wildman–Crippen LogP) is 5.06. The molecule has 2 aromatic carbocycles. The molecular weight excluding hydrogens is 472 g/mol. The molecule has 3 rings (SSSR count). The van der Waals surface area contributed by atoms with Gasteiger partial charge in [0.2, 0.25) is 5.91 Å². The van der Waals surface area contributed by atoms with Gasteiger partial charge < -0.3 is 25.2 Å². The van der Waals surface area contributed by atoms with Crippen molar-refractivity contribution in [2.24, 2.45) is 5.41 Å². The number of rotatable bonds is 7. The zero-order valence-corrected chi connectivity index (χ0v) is 23.0. The van der Waals surface area contributed by atoms with Crippen molar-refractivity contribution in [1.29, 1.82) is 0 Å². The van der Waals surface area contributed by atoms with Gasteiger partial charge in [0, 0.05) is 17.6 Å². The Morgan fingerprint density at radius 2 is 1.73 bits per heavy atom. The Hall–Kier alpha value is -3.55. The van der Waals surface area contributed by atoms with Crippen molar-refractivity contribution in [3.8, 4) is 11.5 Å². The molecular formula is C29H38N2O6. The molecule has 1 heterocycles. The van der Waals surface area contributed by atoms with Crippen LogP contribution in [0.3, 0.4) is 0 Å². The summed E-state index contributed by atoms with van der Waals surface area (Å²) in [7, 11) is 0. The summed E-state index contributed by atoms with van der Waals surface area (Å²) in [5.74, 6) is -1.14. The van der Waals surface area contributed by atoms with E-state index in [1.54, 1.807) is 36.9 Å². The van der Waals surface area contributed by atoms with Crippen molar-refractivity contribution in [2.45, 2.75) is 79.9 Å². The molecule has 1 aliphatic heterocycles. The predicted molar refractivity (Wildman–Crippen MR) is 142 cm³/mol. The smallest absolute Gasteiger partial charge is 0.347 e. The fourth-order valence-corrected chi connectivity index (χ4v) is 4.44. The highest BCUT2D eigenvalue weighted by Crippen LogP contribution is 2.38. The van der Waals surface area contributed by atoms with Crippen molar-refractivity contribution in [3.63, 3.8) is 0 Å². The molecule has 8 nitrogen and oxygen atoms in total. The average molecular weight is 511 g/mol. The van der Waals surface area contributed by atoms with Gasteiger partial charge in [-0.3, -0.25) is 9.59 Å². The van der Waals surface area contributed by atoms with Crippen molar-refractivity contribution < 1.29 is 29.3 Å². The first-order valence-corrected chi connectivity index (χ1v) is 12.6. The number of phenols is 1. The number of ether oxygens (including phenoxy) is 1. The van der Waals surface area contributed by atoms with Crippen LogP contribution in [0.1, 0.15) is 74.9 Å². The maximum atomic E-state index is 13.9. The number of amides is 2. The molecule has 0 spiro atoms. The Labute approximate surface area is 218 Å². The van der Waals surface area contributed by atoms with Gasteiger partial charge in [-0.15, -0.1) is 0 Å². The first-order valence-electron chi connectivity index (χ1n) is 12.6. The highest BCUT2D eigenvalue weighted by atomic mass is 16.5. The highest BCUT2D eigenvalue weighted by Gasteiger charge is 2.41. The van der Waals surface area contributed by atoms with E-state index in [9.17, 15) is 24.6 Å². The standard InChI is InChI=1S/C29H38N2O6/c1-9-28(5,6)26(34)31-13-12-19-10-11-20(37-29(7,8)27(35)36)15-21(19)23(31)25(33)30-22-14-16(2)24(32)18(4)17(22)3/h10-11,14-15,23,32H,9,12-13H2,1-8H3,(H,30,33)(H,35,36). The number of nitrogens with one attached hydrogen (secondary N) is 1. The molecule has 37 heavy (non-hydrogen) atoms.